The smallest absolute Gasteiger partial charge is 0.422 e. The molecule has 3 aromatic rings. The standard InChI is InChI=1S/C15H12F3N3O/c1-21-13-8-19-7-6-12(13)20-14(21)10-2-4-11(5-3-10)22-9-15(16,17)18/h2-8H,9H2,1H3. The van der Waals surface area contributed by atoms with Crippen LogP contribution in [0.1, 0.15) is 0 Å². The number of aromatic nitrogens is 3. The second-order valence-electron chi connectivity index (χ2n) is 4.79. The molecule has 0 unspecified atom stereocenters. The van der Waals surface area contributed by atoms with E-state index in [0.717, 1.165) is 16.6 Å². The van der Waals surface area contributed by atoms with Crippen molar-refractivity contribution in [3.63, 3.8) is 0 Å². The molecule has 2 heterocycles. The van der Waals surface area contributed by atoms with Gasteiger partial charge in [0.25, 0.3) is 0 Å². The zero-order valence-electron chi connectivity index (χ0n) is 11.6. The summed E-state index contributed by atoms with van der Waals surface area (Å²) in [4.78, 5) is 8.55. The molecule has 0 atom stereocenters. The van der Waals surface area contributed by atoms with Gasteiger partial charge in [0.1, 0.15) is 11.6 Å². The molecule has 0 fully saturated rings. The molecule has 0 aliphatic rings. The van der Waals surface area contributed by atoms with Gasteiger partial charge in [-0.3, -0.25) is 4.98 Å². The number of rotatable bonds is 3. The monoisotopic (exact) mass is 307 g/mol. The molecule has 0 amide bonds. The molecule has 0 saturated heterocycles. The third-order valence-electron chi connectivity index (χ3n) is 3.20. The van der Waals surface area contributed by atoms with Crippen LogP contribution in [-0.4, -0.2) is 27.3 Å². The van der Waals surface area contributed by atoms with E-state index in [9.17, 15) is 13.2 Å². The highest BCUT2D eigenvalue weighted by molar-refractivity contribution is 5.79. The first-order chi connectivity index (χ1) is 10.4. The number of aryl methyl sites for hydroxylation is 1. The minimum absolute atomic E-state index is 0.168. The molecule has 0 saturated carbocycles. The molecular formula is C15H12F3N3O. The summed E-state index contributed by atoms with van der Waals surface area (Å²) >= 11 is 0. The van der Waals surface area contributed by atoms with Crippen LogP contribution in [0.15, 0.2) is 42.7 Å². The van der Waals surface area contributed by atoms with E-state index in [4.69, 9.17) is 0 Å². The van der Waals surface area contributed by atoms with Gasteiger partial charge in [0, 0.05) is 18.8 Å². The van der Waals surface area contributed by atoms with Gasteiger partial charge in [-0.2, -0.15) is 13.2 Å². The molecule has 3 rings (SSSR count). The van der Waals surface area contributed by atoms with Crippen LogP contribution in [0.25, 0.3) is 22.4 Å². The van der Waals surface area contributed by atoms with Crippen molar-refractivity contribution in [3.8, 4) is 17.1 Å². The molecule has 4 nitrogen and oxygen atoms in total. The maximum atomic E-state index is 12.1. The maximum absolute atomic E-state index is 12.1. The van der Waals surface area contributed by atoms with E-state index >= 15 is 0 Å². The highest BCUT2D eigenvalue weighted by Crippen LogP contribution is 2.25. The number of imidazole rings is 1. The minimum Gasteiger partial charge on any atom is -0.484 e. The van der Waals surface area contributed by atoms with E-state index < -0.39 is 12.8 Å². The zero-order chi connectivity index (χ0) is 15.7. The predicted octanol–water partition coefficient (Wildman–Crippen LogP) is 3.58. The first kappa shape index (κ1) is 14.4. The summed E-state index contributed by atoms with van der Waals surface area (Å²) in [5, 5.41) is 0. The average molecular weight is 307 g/mol. The lowest BCUT2D eigenvalue weighted by atomic mass is 10.2. The molecule has 0 spiro atoms. The van der Waals surface area contributed by atoms with Crippen molar-refractivity contribution in [1.29, 1.82) is 0 Å². The van der Waals surface area contributed by atoms with Gasteiger partial charge in [0.15, 0.2) is 6.61 Å². The molecule has 0 radical (unpaired) electrons. The van der Waals surface area contributed by atoms with Gasteiger partial charge in [-0.05, 0) is 30.3 Å². The summed E-state index contributed by atoms with van der Waals surface area (Å²) < 4.78 is 42.9. The van der Waals surface area contributed by atoms with Crippen LogP contribution in [0.5, 0.6) is 5.75 Å². The number of ether oxygens (including phenoxy) is 1. The van der Waals surface area contributed by atoms with E-state index in [0.29, 0.717) is 5.82 Å². The molecule has 0 aliphatic carbocycles. The van der Waals surface area contributed by atoms with Crippen LogP contribution < -0.4 is 4.74 Å². The summed E-state index contributed by atoms with van der Waals surface area (Å²) in [6.07, 6.45) is -0.969. The molecule has 0 aliphatic heterocycles. The number of fused-ring (bicyclic) bond motifs is 1. The van der Waals surface area contributed by atoms with Crippen molar-refractivity contribution in [2.24, 2.45) is 7.05 Å². The fraction of sp³-hybridized carbons (Fsp3) is 0.200. The number of alkyl halides is 3. The van der Waals surface area contributed by atoms with Crippen LogP contribution in [0.4, 0.5) is 13.2 Å². The number of pyridine rings is 1. The van der Waals surface area contributed by atoms with Crippen molar-refractivity contribution in [3.05, 3.63) is 42.7 Å². The number of halogens is 3. The Balaban J connectivity index is 1.87. The normalized spacial score (nSPS) is 11.8. The third-order valence-corrected chi connectivity index (χ3v) is 3.20. The van der Waals surface area contributed by atoms with Crippen LogP contribution in [0, 0.1) is 0 Å². The lowest BCUT2D eigenvalue weighted by Crippen LogP contribution is -2.19. The van der Waals surface area contributed by atoms with Gasteiger partial charge in [-0.25, -0.2) is 4.98 Å². The number of benzene rings is 1. The van der Waals surface area contributed by atoms with Crippen molar-refractivity contribution in [1.82, 2.24) is 14.5 Å². The Labute approximate surface area is 124 Å². The summed E-state index contributed by atoms with van der Waals surface area (Å²) in [6.45, 7) is -1.30. The highest BCUT2D eigenvalue weighted by atomic mass is 19.4. The lowest BCUT2D eigenvalue weighted by Gasteiger charge is -2.09. The van der Waals surface area contributed by atoms with Crippen molar-refractivity contribution in [2.75, 3.05) is 6.61 Å². The quantitative estimate of drug-likeness (QED) is 0.742. The Morgan fingerprint density at radius 1 is 1.14 bits per heavy atom. The number of nitrogens with zero attached hydrogens (tertiary/aromatic N) is 3. The molecule has 22 heavy (non-hydrogen) atoms. The Bertz CT molecular complexity index is 794. The van der Waals surface area contributed by atoms with Gasteiger partial charge in [0.2, 0.25) is 0 Å². The SMILES string of the molecule is Cn1c(-c2ccc(OCC(F)(F)F)cc2)nc2ccncc21. The largest absolute Gasteiger partial charge is 0.484 e. The summed E-state index contributed by atoms with van der Waals surface area (Å²) in [5.41, 5.74) is 2.48. The van der Waals surface area contributed by atoms with Crippen molar-refractivity contribution >= 4 is 11.0 Å². The van der Waals surface area contributed by atoms with E-state index in [-0.39, 0.29) is 5.75 Å². The van der Waals surface area contributed by atoms with Crippen molar-refractivity contribution < 1.29 is 17.9 Å². The van der Waals surface area contributed by atoms with Gasteiger partial charge in [-0.1, -0.05) is 0 Å². The first-order valence-corrected chi connectivity index (χ1v) is 6.50. The zero-order valence-corrected chi connectivity index (χ0v) is 11.6. The molecule has 1 aromatic carbocycles. The Morgan fingerprint density at radius 2 is 1.86 bits per heavy atom. The highest BCUT2D eigenvalue weighted by Gasteiger charge is 2.28. The van der Waals surface area contributed by atoms with Gasteiger partial charge >= 0.3 is 6.18 Å². The molecule has 0 bridgehead atoms. The second kappa shape index (κ2) is 5.32. The molecule has 0 N–H and O–H groups in total. The Kier molecular flexibility index (Phi) is 3.48. The van der Waals surface area contributed by atoms with Crippen LogP contribution >= 0.6 is 0 Å². The minimum atomic E-state index is -4.34. The van der Waals surface area contributed by atoms with Crippen LogP contribution in [0.2, 0.25) is 0 Å². The second-order valence-corrected chi connectivity index (χ2v) is 4.79. The van der Waals surface area contributed by atoms with E-state index in [2.05, 4.69) is 14.7 Å². The first-order valence-electron chi connectivity index (χ1n) is 6.50. The average Bonchev–Trinajstić information content (AvgIpc) is 2.83. The fourth-order valence-corrected chi connectivity index (χ4v) is 2.16. The third kappa shape index (κ3) is 2.88. The van der Waals surface area contributed by atoms with E-state index in [1.165, 1.54) is 12.1 Å². The fourth-order valence-electron chi connectivity index (χ4n) is 2.16. The van der Waals surface area contributed by atoms with Crippen LogP contribution in [-0.2, 0) is 7.05 Å². The van der Waals surface area contributed by atoms with Gasteiger partial charge < -0.3 is 9.30 Å². The van der Waals surface area contributed by atoms with E-state index in [1.54, 1.807) is 30.6 Å². The maximum Gasteiger partial charge on any atom is 0.422 e. The van der Waals surface area contributed by atoms with Gasteiger partial charge in [-0.15, -0.1) is 0 Å². The Morgan fingerprint density at radius 3 is 2.50 bits per heavy atom. The summed E-state index contributed by atoms with van der Waals surface area (Å²) in [6, 6.07) is 8.16. The molecule has 2 aromatic heterocycles. The van der Waals surface area contributed by atoms with Crippen LogP contribution in [0.3, 0.4) is 0 Å². The number of hydrogen-bond acceptors (Lipinski definition) is 3. The Hall–Kier alpha value is -2.57. The van der Waals surface area contributed by atoms with Gasteiger partial charge in [0.05, 0.1) is 17.2 Å². The summed E-state index contributed by atoms with van der Waals surface area (Å²) in [7, 11) is 1.86. The topological polar surface area (TPSA) is 39.9 Å². The molecule has 114 valence electrons. The summed E-state index contributed by atoms with van der Waals surface area (Å²) in [5.74, 6) is 0.881. The lowest BCUT2D eigenvalue weighted by molar-refractivity contribution is -0.153. The molecule has 7 heteroatoms. The van der Waals surface area contributed by atoms with Crippen molar-refractivity contribution in [2.45, 2.75) is 6.18 Å². The van der Waals surface area contributed by atoms with E-state index in [1.807, 2.05) is 11.6 Å². The molecular weight excluding hydrogens is 295 g/mol. The number of hydrogen-bond donors (Lipinski definition) is 0. The predicted molar refractivity (Wildman–Crippen MR) is 75.5 cm³/mol.